The van der Waals surface area contributed by atoms with E-state index in [-0.39, 0.29) is 44.1 Å². The van der Waals surface area contributed by atoms with Gasteiger partial charge in [-0.1, -0.05) is 24.3 Å². The lowest BCUT2D eigenvalue weighted by Gasteiger charge is -2.27. The summed E-state index contributed by atoms with van der Waals surface area (Å²) in [5.74, 6) is -5.18. The number of rotatable bonds is 22. The van der Waals surface area contributed by atoms with Gasteiger partial charge in [-0.15, -0.1) is 0 Å². The zero-order valence-corrected chi connectivity index (χ0v) is 26.0. The van der Waals surface area contributed by atoms with Crippen molar-refractivity contribution in [2.75, 3.05) is 65.4 Å². The average molecular weight is 656 g/mol. The van der Waals surface area contributed by atoms with Crippen LogP contribution in [0.15, 0.2) is 53.3 Å². The third kappa shape index (κ3) is 12.1. The highest BCUT2D eigenvalue weighted by Crippen LogP contribution is 2.20. The first kappa shape index (κ1) is 36.6. The maximum Gasteiger partial charge on any atom is 0.317 e. The van der Waals surface area contributed by atoms with Crippen molar-refractivity contribution in [3.8, 4) is 0 Å². The lowest BCUT2D eigenvalue weighted by atomic mass is 10.1. The molecule has 3 aromatic rings. The van der Waals surface area contributed by atoms with E-state index in [1.807, 2.05) is 48.5 Å². The van der Waals surface area contributed by atoms with Crippen LogP contribution in [0.1, 0.15) is 19.3 Å². The largest absolute Gasteiger partial charge is 0.480 e. The molecule has 2 aromatic carbocycles. The minimum absolute atomic E-state index is 0.000166. The number of carbonyl (C=O) groups excluding carboxylic acids is 1. The molecule has 47 heavy (non-hydrogen) atoms. The van der Waals surface area contributed by atoms with E-state index in [4.69, 9.17) is 10.2 Å². The highest BCUT2D eigenvalue weighted by atomic mass is 16.4. The predicted octanol–water partition coefficient (Wildman–Crippen LogP) is 0.686. The molecule has 0 saturated heterocycles. The van der Waals surface area contributed by atoms with Crippen molar-refractivity contribution in [1.29, 1.82) is 0 Å². The van der Waals surface area contributed by atoms with Gasteiger partial charge >= 0.3 is 23.9 Å². The number of amides is 1. The zero-order valence-electron chi connectivity index (χ0n) is 26.0. The SMILES string of the molecule is O=C(O)CN(CCN(CC(=O)O)CC(=O)O)CCN(CC(=O)O)CC(=O)NCCCCCn1c2ccccc2c(=O)c2ccccc21. The summed E-state index contributed by atoms with van der Waals surface area (Å²) in [5.41, 5.74) is 1.73. The molecule has 0 unspecified atom stereocenters. The highest BCUT2D eigenvalue weighted by molar-refractivity contribution is 5.93. The van der Waals surface area contributed by atoms with Crippen molar-refractivity contribution in [2.24, 2.45) is 0 Å². The Kier molecular flexibility index (Phi) is 14.3. The Morgan fingerprint density at radius 3 is 1.49 bits per heavy atom. The summed E-state index contributed by atoms with van der Waals surface area (Å²) in [6, 6.07) is 15.0. The van der Waals surface area contributed by atoms with Crippen LogP contribution in [0.25, 0.3) is 21.8 Å². The van der Waals surface area contributed by atoms with Gasteiger partial charge in [0.25, 0.3) is 0 Å². The molecule has 0 aliphatic carbocycles. The molecule has 1 heterocycles. The lowest BCUT2D eigenvalue weighted by molar-refractivity contribution is -0.143. The van der Waals surface area contributed by atoms with E-state index in [1.165, 1.54) is 9.80 Å². The Morgan fingerprint density at radius 2 is 1.00 bits per heavy atom. The summed E-state index contributed by atoms with van der Waals surface area (Å²) in [5, 5.41) is 40.8. The van der Waals surface area contributed by atoms with Crippen molar-refractivity contribution in [3.63, 3.8) is 0 Å². The van der Waals surface area contributed by atoms with Gasteiger partial charge in [0, 0.05) is 50.0 Å². The fourth-order valence-corrected chi connectivity index (χ4v) is 5.41. The average Bonchev–Trinajstić information content (AvgIpc) is 3.00. The number of pyridine rings is 1. The Labute approximate surface area is 270 Å². The van der Waals surface area contributed by atoms with Crippen LogP contribution < -0.4 is 10.7 Å². The van der Waals surface area contributed by atoms with Crippen molar-refractivity contribution >= 4 is 51.6 Å². The molecule has 0 bridgehead atoms. The Hall–Kier alpha value is -4.86. The lowest BCUT2D eigenvalue weighted by Crippen LogP contribution is -2.46. The number of hydrogen-bond acceptors (Lipinski definition) is 9. The number of carboxylic acid groups (broad SMARTS) is 4. The smallest absolute Gasteiger partial charge is 0.317 e. The zero-order chi connectivity index (χ0) is 34.3. The second-order valence-corrected chi connectivity index (χ2v) is 11.2. The third-order valence-corrected chi connectivity index (χ3v) is 7.53. The van der Waals surface area contributed by atoms with E-state index < -0.39 is 50.1 Å². The van der Waals surface area contributed by atoms with E-state index in [2.05, 4.69) is 9.88 Å². The van der Waals surface area contributed by atoms with Crippen LogP contribution >= 0.6 is 0 Å². The first-order valence-electron chi connectivity index (χ1n) is 15.3. The van der Waals surface area contributed by atoms with Crippen molar-refractivity contribution in [1.82, 2.24) is 24.6 Å². The van der Waals surface area contributed by atoms with Gasteiger partial charge < -0.3 is 30.3 Å². The summed E-state index contributed by atoms with van der Waals surface area (Å²) in [6.07, 6.45) is 2.27. The van der Waals surface area contributed by atoms with Crippen molar-refractivity contribution in [2.45, 2.75) is 25.8 Å². The molecule has 15 nitrogen and oxygen atoms in total. The standard InChI is InChI=1S/C32H41N5O10/c38-27(18-35(20-29(41)42)16-14-34(19-28(39)40)15-17-36(21-30(43)44)22-31(45)46)33-12-6-1-7-13-37-25-10-4-2-8-23(25)32(47)24-9-3-5-11-26(24)37/h2-5,8-11H,1,6-7,12-22H2,(H,33,38)(H,39,40)(H,41,42)(H,43,44)(H,45,46). The van der Waals surface area contributed by atoms with Crippen molar-refractivity contribution in [3.05, 3.63) is 58.8 Å². The first-order chi connectivity index (χ1) is 22.4. The van der Waals surface area contributed by atoms with E-state index in [0.29, 0.717) is 30.3 Å². The van der Waals surface area contributed by atoms with Gasteiger partial charge in [0.1, 0.15) is 0 Å². The number of aliphatic carboxylic acids is 4. The van der Waals surface area contributed by atoms with Gasteiger partial charge in [-0.2, -0.15) is 0 Å². The minimum atomic E-state index is -1.23. The van der Waals surface area contributed by atoms with Gasteiger partial charge in [0.15, 0.2) is 5.43 Å². The highest BCUT2D eigenvalue weighted by Gasteiger charge is 2.19. The van der Waals surface area contributed by atoms with Gasteiger partial charge in [0.05, 0.1) is 43.8 Å². The fourth-order valence-electron chi connectivity index (χ4n) is 5.41. The second-order valence-electron chi connectivity index (χ2n) is 11.2. The number of nitrogens with one attached hydrogen (secondary N) is 1. The minimum Gasteiger partial charge on any atom is -0.480 e. The van der Waals surface area contributed by atoms with Gasteiger partial charge in [-0.3, -0.25) is 43.5 Å². The van der Waals surface area contributed by atoms with E-state index >= 15 is 0 Å². The number of benzene rings is 2. The predicted molar refractivity (Wildman–Crippen MR) is 172 cm³/mol. The molecule has 0 radical (unpaired) electrons. The quantitative estimate of drug-likeness (QED) is 0.0746. The third-order valence-electron chi connectivity index (χ3n) is 7.53. The number of nitrogens with zero attached hydrogens (tertiary/aromatic N) is 4. The Bertz CT molecular complexity index is 1550. The summed E-state index contributed by atoms with van der Waals surface area (Å²) in [6.45, 7) is -1.09. The first-order valence-corrected chi connectivity index (χ1v) is 15.3. The van der Waals surface area contributed by atoms with E-state index in [9.17, 15) is 39.0 Å². The Balaban J connectivity index is 1.49. The molecule has 1 aromatic heterocycles. The number of hydrogen-bond donors (Lipinski definition) is 5. The molecule has 15 heteroatoms. The number of unbranched alkanes of at least 4 members (excludes halogenated alkanes) is 2. The molecule has 0 aliphatic rings. The number of carboxylic acids is 4. The van der Waals surface area contributed by atoms with Gasteiger partial charge in [0.2, 0.25) is 5.91 Å². The normalized spacial score (nSPS) is 11.5. The van der Waals surface area contributed by atoms with E-state index in [0.717, 1.165) is 28.8 Å². The van der Waals surface area contributed by atoms with Crippen LogP contribution in [0, 0.1) is 0 Å². The van der Waals surface area contributed by atoms with Crippen LogP contribution in [0.3, 0.4) is 0 Å². The Morgan fingerprint density at radius 1 is 0.574 bits per heavy atom. The van der Waals surface area contributed by atoms with Crippen LogP contribution in [-0.2, 0) is 30.5 Å². The van der Waals surface area contributed by atoms with Gasteiger partial charge in [-0.05, 0) is 43.5 Å². The molecule has 0 spiro atoms. The summed E-state index contributed by atoms with van der Waals surface area (Å²) in [4.78, 5) is 74.5. The number of para-hydroxylation sites is 2. The summed E-state index contributed by atoms with van der Waals surface area (Å²) >= 11 is 0. The second kappa shape index (κ2) is 18.3. The number of aromatic nitrogens is 1. The molecule has 1 amide bonds. The monoisotopic (exact) mass is 655 g/mol. The maximum atomic E-state index is 12.9. The van der Waals surface area contributed by atoms with Crippen molar-refractivity contribution < 1.29 is 44.4 Å². The molecule has 254 valence electrons. The molecule has 0 aliphatic heterocycles. The molecular weight excluding hydrogens is 614 g/mol. The molecular formula is C32H41N5O10. The van der Waals surface area contributed by atoms with Crippen LogP contribution in [0.4, 0.5) is 0 Å². The van der Waals surface area contributed by atoms with Gasteiger partial charge in [-0.25, -0.2) is 0 Å². The topological polar surface area (TPSA) is 210 Å². The molecule has 3 rings (SSSR count). The summed E-state index contributed by atoms with van der Waals surface area (Å²) in [7, 11) is 0. The van der Waals surface area contributed by atoms with Crippen LogP contribution in [-0.4, -0.2) is 135 Å². The fraction of sp³-hybridized carbons (Fsp3) is 0.438. The molecule has 0 fully saturated rings. The van der Waals surface area contributed by atoms with E-state index in [1.54, 1.807) is 0 Å². The maximum absolute atomic E-state index is 12.9. The number of fused-ring (bicyclic) bond motifs is 2. The molecule has 0 saturated carbocycles. The molecule has 5 N–H and O–H groups in total. The number of carbonyl (C=O) groups is 5. The number of aryl methyl sites for hydroxylation is 1. The van der Waals surface area contributed by atoms with Crippen LogP contribution in [0.2, 0.25) is 0 Å². The summed E-state index contributed by atoms with van der Waals surface area (Å²) < 4.78 is 2.14. The molecule has 0 atom stereocenters. The van der Waals surface area contributed by atoms with Crippen LogP contribution in [0.5, 0.6) is 0 Å².